The highest BCUT2D eigenvalue weighted by atomic mass is 35.5. The summed E-state index contributed by atoms with van der Waals surface area (Å²) < 4.78 is 0. The molecule has 0 unspecified atom stereocenters. The predicted molar refractivity (Wildman–Crippen MR) is 67.8 cm³/mol. The molecule has 0 fully saturated rings. The highest BCUT2D eigenvalue weighted by Crippen LogP contribution is 2.16. The van der Waals surface area contributed by atoms with E-state index in [1.165, 1.54) is 0 Å². The molecule has 0 aliphatic carbocycles. The van der Waals surface area contributed by atoms with Gasteiger partial charge in [-0.1, -0.05) is 42.0 Å². The zero-order chi connectivity index (χ0) is 10.9. The van der Waals surface area contributed by atoms with Gasteiger partial charge in [-0.25, -0.2) is 0 Å². The van der Waals surface area contributed by atoms with Gasteiger partial charge < -0.3 is 0 Å². The second kappa shape index (κ2) is 7.15. The third kappa shape index (κ3) is 4.72. The van der Waals surface area contributed by atoms with Gasteiger partial charge in [0, 0.05) is 11.4 Å². The summed E-state index contributed by atoms with van der Waals surface area (Å²) >= 11 is 6.01. The van der Waals surface area contributed by atoms with Gasteiger partial charge in [-0.2, -0.15) is 0 Å². The molecule has 78 valence electrons. The second-order valence-electron chi connectivity index (χ2n) is 3.24. The number of hydrogen-bond donors (Lipinski definition) is 0. The van der Waals surface area contributed by atoms with Crippen LogP contribution in [0, 0.1) is 11.8 Å². The molecule has 0 aromatic heterocycles. The molecule has 15 heavy (non-hydrogen) atoms. The monoisotopic (exact) mass is 218 g/mol. The maximum Gasteiger partial charge on any atom is 0.0478 e. The van der Waals surface area contributed by atoms with Crippen molar-refractivity contribution >= 4 is 17.7 Å². The number of hydrogen-bond acceptors (Lipinski definition) is 0. The summed E-state index contributed by atoms with van der Waals surface area (Å²) in [5.74, 6) is 5.94. The highest BCUT2D eigenvalue weighted by Gasteiger charge is 1.91. The van der Waals surface area contributed by atoms with E-state index in [1.54, 1.807) is 0 Å². The Balaban J connectivity index is 2.37. The predicted octanol–water partition coefficient (Wildman–Crippen LogP) is 4.55. The Labute approximate surface area is 97.0 Å². The fraction of sp³-hybridized carbons (Fsp3) is 0.286. The van der Waals surface area contributed by atoms with Crippen LogP contribution in [0.1, 0.15) is 31.7 Å². The molecular weight excluding hydrogens is 204 g/mol. The Hall–Kier alpha value is -1.19. The van der Waals surface area contributed by atoms with Crippen LogP contribution in [0.3, 0.4) is 0 Å². The van der Waals surface area contributed by atoms with Crippen LogP contribution in [0.25, 0.3) is 6.08 Å². The Morgan fingerprint density at radius 3 is 2.87 bits per heavy atom. The average molecular weight is 219 g/mol. The van der Waals surface area contributed by atoms with Gasteiger partial charge in [0.25, 0.3) is 0 Å². The Morgan fingerprint density at radius 2 is 2.13 bits per heavy atom. The largest absolute Gasteiger partial charge is 0.107 e. The molecule has 0 N–H and O–H groups in total. The van der Waals surface area contributed by atoms with E-state index in [2.05, 4.69) is 24.0 Å². The van der Waals surface area contributed by atoms with Crippen LogP contribution in [0.15, 0.2) is 30.3 Å². The SMILES string of the molecule is CC#CCCC/C=C/c1ccccc1Cl. The van der Waals surface area contributed by atoms with Gasteiger partial charge in [0.2, 0.25) is 0 Å². The molecule has 1 aromatic rings. The van der Waals surface area contributed by atoms with Crippen molar-refractivity contribution in [1.29, 1.82) is 0 Å². The van der Waals surface area contributed by atoms with Gasteiger partial charge in [-0.05, 0) is 31.4 Å². The zero-order valence-electron chi connectivity index (χ0n) is 8.96. The summed E-state index contributed by atoms with van der Waals surface area (Å²) in [6, 6.07) is 7.86. The van der Waals surface area contributed by atoms with Crippen LogP contribution >= 0.6 is 11.6 Å². The standard InChI is InChI=1S/C14H15Cl/c1-2-3-4-5-6-7-10-13-11-8-9-12-14(13)15/h7-12H,4-6H2,1H3/b10-7+. The Morgan fingerprint density at radius 1 is 1.33 bits per heavy atom. The molecule has 0 radical (unpaired) electrons. The molecular formula is C14H15Cl. The fourth-order valence-electron chi connectivity index (χ4n) is 1.25. The topological polar surface area (TPSA) is 0 Å². The van der Waals surface area contributed by atoms with Crippen LogP contribution in [-0.4, -0.2) is 0 Å². The summed E-state index contributed by atoms with van der Waals surface area (Å²) in [6.07, 6.45) is 7.37. The van der Waals surface area contributed by atoms with Gasteiger partial charge in [0.1, 0.15) is 0 Å². The first-order chi connectivity index (χ1) is 7.34. The molecule has 1 heteroatoms. The third-order valence-electron chi connectivity index (χ3n) is 2.05. The van der Waals surface area contributed by atoms with Crippen LogP contribution in [0.5, 0.6) is 0 Å². The van der Waals surface area contributed by atoms with Crippen molar-refractivity contribution in [2.24, 2.45) is 0 Å². The maximum atomic E-state index is 6.01. The summed E-state index contributed by atoms with van der Waals surface area (Å²) in [6.45, 7) is 1.87. The lowest BCUT2D eigenvalue weighted by Gasteiger charge is -1.95. The minimum atomic E-state index is 0.807. The zero-order valence-corrected chi connectivity index (χ0v) is 9.72. The van der Waals surface area contributed by atoms with E-state index < -0.39 is 0 Å². The number of unbranched alkanes of at least 4 members (excludes halogenated alkanes) is 2. The van der Waals surface area contributed by atoms with Crippen LogP contribution in [0.4, 0.5) is 0 Å². The smallest absolute Gasteiger partial charge is 0.0478 e. The summed E-state index contributed by atoms with van der Waals surface area (Å²) in [7, 11) is 0. The molecule has 0 aliphatic rings. The van der Waals surface area contributed by atoms with Crippen molar-refractivity contribution < 1.29 is 0 Å². The van der Waals surface area contributed by atoms with E-state index in [4.69, 9.17) is 11.6 Å². The average Bonchev–Trinajstić information content (AvgIpc) is 2.25. The van der Waals surface area contributed by atoms with Crippen molar-refractivity contribution in [3.8, 4) is 11.8 Å². The van der Waals surface area contributed by atoms with E-state index in [9.17, 15) is 0 Å². The molecule has 0 saturated heterocycles. The fourth-order valence-corrected chi connectivity index (χ4v) is 1.45. The molecule has 0 atom stereocenters. The lowest BCUT2D eigenvalue weighted by molar-refractivity contribution is 0.887. The van der Waals surface area contributed by atoms with Crippen LogP contribution < -0.4 is 0 Å². The minimum Gasteiger partial charge on any atom is -0.107 e. The van der Waals surface area contributed by atoms with E-state index in [-0.39, 0.29) is 0 Å². The van der Waals surface area contributed by atoms with Gasteiger partial charge in [0.15, 0.2) is 0 Å². The lowest BCUT2D eigenvalue weighted by atomic mass is 10.1. The first kappa shape index (κ1) is 11.9. The molecule has 0 heterocycles. The number of rotatable bonds is 4. The normalized spacial score (nSPS) is 10.0. The van der Waals surface area contributed by atoms with Crippen molar-refractivity contribution in [2.45, 2.75) is 26.2 Å². The third-order valence-corrected chi connectivity index (χ3v) is 2.40. The molecule has 0 amide bonds. The number of halogens is 1. The number of allylic oxidation sites excluding steroid dienone is 1. The molecule has 0 spiro atoms. The summed E-state index contributed by atoms with van der Waals surface area (Å²) in [4.78, 5) is 0. The van der Waals surface area contributed by atoms with Gasteiger partial charge >= 0.3 is 0 Å². The second-order valence-corrected chi connectivity index (χ2v) is 3.65. The number of benzene rings is 1. The van der Waals surface area contributed by atoms with E-state index >= 15 is 0 Å². The van der Waals surface area contributed by atoms with Crippen molar-refractivity contribution in [3.05, 3.63) is 40.9 Å². The molecule has 0 bridgehead atoms. The van der Waals surface area contributed by atoms with Gasteiger partial charge in [-0.3, -0.25) is 0 Å². The summed E-state index contributed by atoms with van der Waals surface area (Å²) in [5.41, 5.74) is 1.08. The Bertz CT molecular complexity index is 380. The minimum absolute atomic E-state index is 0.807. The van der Waals surface area contributed by atoms with E-state index in [0.29, 0.717) is 0 Å². The van der Waals surface area contributed by atoms with E-state index in [0.717, 1.165) is 29.8 Å². The molecule has 0 nitrogen and oxygen atoms in total. The molecule has 0 aliphatic heterocycles. The lowest BCUT2D eigenvalue weighted by Crippen LogP contribution is -1.74. The molecule has 0 saturated carbocycles. The Kier molecular flexibility index (Phi) is 5.66. The first-order valence-electron chi connectivity index (χ1n) is 5.15. The van der Waals surface area contributed by atoms with Crippen molar-refractivity contribution in [2.75, 3.05) is 0 Å². The molecule has 1 rings (SSSR count). The van der Waals surface area contributed by atoms with E-state index in [1.807, 2.05) is 31.2 Å². The quantitative estimate of drug-likeness (QED) is 0.514. The van der Waals surface area contributed by atoms with Crippen LogP contribution in [0.2, 0.25) is 5.02 Å². The van der Waals surface area contributed by atoms with Crippen molar-refractivity contribution in [3.63, 3.8) is 0 Å². The van der Waals surface area contributed by atoms with Gasteiger partial charge in [-0.15, -0.1) is 11.8 Å². The van der Waals surface area contributed by atoms with Gasteiger partial charge in [0.05, 0.1) is 0 Å². The highest BCUT2D eigenvalue weighted by molar-refractivity contribution is 6.32. The van der Waals surface area contributed by atoms with Crippen molar-refractivity contribution in [1.82, 2.24) is 0 Å². The maximum absolute atomic E-state index is 6.01. The first-order valence-corrected chi connectivity index (χ1v) is 5.53. The summed E-state index contributed by atoms with van der Waals surface area (Å²) in [5, 5.41) is 0.807. The van der Waals surface area contributed by atoms with Crippen LogP contribution in [-0.2, 0) is 0 Å². The molecule has 1 aromatic carbocycles.